The summed E-state index contributed by atoms with van der Waals surface area (Å²) < 4.78 is 5.21. The largest absolute Gasteiger partial charge is 1.00 e. The van der Waals surface area contributed by atoms with Gasteiger partial charge in [-0.2, -0.15) is 0 Å². The molecular formula is C21H25N4NaO6S2. The second-order valence-corrected chi connectivity index (χ2v) is 11.2. The van der Waals surface area contributed by atoms with Gasteiger partial charge in [0.1, 0.15) is 5.69 Å². The molecule has 5 heterocycles. The molecule has 1 aromatic heterocycles. The summed E-state index contributed by atoms with van der Waals surface area (Å²) in [5, 5.41) is 24.5. The number of carboxylic acid groups (broad SMARTS) is 1. The standard InChI is InChI=1S/C21H26N4O6S2.Na/c1-9-15-14(10(2)26)19(28)25(15)16(20(29)30)17(9)33-12-6-24(7-12)21-22-13(8-32-21)18(27)23-4-11(5-23)31-3;/h8-12,14-15,26H,4-7H2,1-3H3,(H,29,30);/q;+1/p-1/t9-,10-,14?,15?;/m1./s1. The first-order chi connectivity index (χ1) is 15.7. The maximum Gasteiger partial charge on any atom is 1.00 e. The number of rotatable bonds is 7. The third-order valence-electron chi connectivity index (χ3n) is 6.89. The molecule has 4 aliphatic heterocycles. The average molecular weight is 517 g/mol. The molecule has 13 heteroatoms. The predicted molar refractivity (Wildman–Crippen MR) is 119 cm³/mol. The van der Waals surface area contributed by atoms with Gasteiger partial charge in [-0.3, -0.25) is 9.59 Å². The Morgan fingerprint density at radius 3 is 2.59 bits per heavy atom. The number of carbonyl (C=O) groups is 3. The first-order valence-corrected chi connectivity index (χ1v) is 12.6. The number of anilines is 1. The van der Waals surface area contributed by atoms with Gasteiger partial charge in [-0.15, -0.1) is 23.1 Å². The third-order valence-corrected chi connectivity index (χ3v) is 9.25. The zero-order valence-corrected chi connectivity index (χ0v) is 23.1. The minimum absolute atomic E-state index is 0. The monoisotopic (exact) mass is 516 g/mol. The van der Waals surface area contributed by atoms with Crippen LogP contribution in [0.15, 0.2) is 16.0 Å². The van der Waals surface area contributed by atoms with Gasteiger partial charge in [0.2, 0.25) is 5.91 Å². The van der Waals surface area contributed by atoms with E-state index in [-0.39, 0.29) is 70.4 Å². The van der Waals surface area contributed by atoms with Crippen LogP contribution in [-0.2, 0) is 14.3 Å². The van der Waals surface area contributed by atoms with Crippen molar-refractivity contribution in [2.24, 2.45) is 11.8 Å². The van der Waals surface area contributed by atoms with Crippen LogP contribution in [0.1, 0.15) is 24.3 Å². The molecule has 4 aliphatic rings. The van der Waals surface area contributed by atoms with Gasteiger partial charge < -0.3 is 34.4 Å². The average Bonchev–Trinajstić information content (AvgIpc) is 3.25. The van der Waals surface area contributed by atoms with Crippen LogP contribution in [0.25, 0.3) is 0 Å². The molecular weight excluding hydrogens is 491 g/mol. The number of hydrogen-bond acceptors (Lipinski definition) is 10. The molecule has 10 nitrogen and oxygen atoms in total. The van der Waals surface area contributed by atoms with Crippen molar-refractivity contribution < 1.29 is 58.9 Å². The van der Waals surface area contributed by atoms with Crippen LogP contribution >= 0.6 is 23.1 Å². The molecule has 0 bridgehead atoms. The van der Waals surface area contributed by atoms with E-state index in [0.29, 0.717) is 36.8 Å². The molecule has 0 spiro atoms. The van der Waals surface area contributed by atoms with Crippen LogP contribution in [-0.4, -0.2) is 94.5 Å². The minimum atomic E-state index is -1.36. The number of hydrogen-bond donors (Lipinski definition) is 1. The van der Waals surface area contributed by atoms with E-state index in [0.717, 1.165) is 5.13 Å². The van der Waals surface area contributed by atoms with Crippen molar-refractivity contribution in [3.63, 3.8) is 0 Å². The molecule has 0 aliphatic carbocycles. The summed E-state index contributed by atoms with van der Waals surface area (Å²) in [5.41, 5.74) is 0.378. The molecule has 1 aromatic rings. The Balaban J connectivity index is 0.00000274. The van der Waals surface area contributed by atoms with Gasteiger partial charge in [-0.05, 0) is 6.92 Å². The van der Waals surface area contributed by atoms with Gasteiger partial charge in [0, 0.05) is 54.7 Å². The predicted octanol–water partition coefficient (Wildman–Crippen LogP) is -3.64. The number of fused-ring (bicyclic) bond motifs is 1. The third kappa shape index (κ3) is 4.10. The van der Waals surface area contributed by atoms with Crippen molar-refractivity contribution in [1.29, 1.82) is 0 Å². The Morgan fingerprint density at radius 1 is 1.32 bits per heavy atom. The number of likely N-dealkylation sites (tertiary alicyclic amines) is 1. The topological polar surface area (TPSA) is 126 Å². The number of β-lactam (4-membered cyclic amide) rings is 1. The molecule has 5 rings (SSSR count). The summed E-state index contributed by atoms with van der Waals surface area (Å²) in [6, 6.07) is -0.337. The number of aliphatic carboxylic acids is 1. The van der Waals surface area contributed by atoms with E-state index in [9.17, 15) is 24.6 Å². The zero-order valence-electron chi connectivity index (χ0n) is 19.5. The molecule has 3 saturated heterocycles. The summed E-state index contributed by atoms with van der Waals surface area (Å²) in [6.45, 7) is 5.94. The molecule has 0 aromatic carbocycles. The molecule has 0 radical (unpaired) electrons. The second kappa shape index (κ2) is 9.72. The van der Waals surface area contributed by atoms with Crippen molar-refractivity contribution in [3.05, 3.63) is 21.7 Å². The SMILES string of the molecule is COC1CN(C(=O)c2csc(N3CC(SC4=C(C(=O)[O-])N5C(=O)C([C@@H](C)O)C5[C@H]4C)C3)n2)C1.[Na+]. The summed E-state index contributed by atoms with van der Waals surface area (Å²) in [5.74, 6) is -2.56. The molecule has 178 valence electrons. The molecule has 4 atom stereocenters. The molecule has 2 unspecified atom stereocenters. The van der Waals surface area contributed by atoms with Gasteiger partial charge in [0.25, 0.3) is 5.91 Å². The molecule has 2 amide bonds. The molecule has 0 saturated carbocycles. The first-order valence-electron chi connectivity index (χ1n) is 10.9. The summed E-state index contributed by atoms with van der Waals surface area (Å²) in [6.07, 6.45) is -0.734. The number of methoxy groups -OCH3 is 1. The second-order valence-electron chi connectivity index (χ2n) is 8.98. The molecule has 1 N–H and O–H groups in total. The maximum absolute atomic E-state index is 12.5. The van der Waals surface area contributed by atoms with E-state index in [1.807, 2.05) is 6.92 Å². The van der Waals surface area contributed by atoms with Crippen LogP contribution in [0.4, 0.5) is 5.13 Å². The number of aliphatic hydroxyl groups is 1. The fourth-order valence-corrected chi connectivity index (χ4v) is 7.28. The number of aliphatic hydroxyl groups excluding tert-OH is 1. The number of carboxylic acids is 1. The number of nitrogens with zero attached hydrogens (tertiary/aromatic N) is 4. The van der Waals surface area contributed by atoms with E-state index in [4.69, 9.17) is 4.74 Å². The quantitative estimate of drug-likeness (QED) is 0.289. The van der Waals surface area contributed by atoms with E-state index in [1.54, 1.807) is 24.3 Å². The first kappa shape index (κ1) is 25.9. The van der Waals surface area contributed by atoms with Crippen molar-refractivity contribution in [1.82, 2.24) is 14.8 Å². The Bertz CT molecular complexity index is 1040. The molecule has 3 fully saturated rings. The maximum atomic E-state index is 12.5. The molecule has 34 heavy (non-hydrogen) atoms. The van der Waals surface area contributed by atoms with Crippen LogP contribution in [0.5, 0.6) is 0 Å². The van der Waals surface area contributed by atoms with Crippen molar-refractivity contribution in [2.45, 2.75) is 37.3 Å². The fraction of sp³-hybridized carbons (Fsp3) is 0.619. The number of thiazole rings is 1. The van der Waals surface area contributed by atoms with Crippen LogP contribution in [0.3, 0.4) is 0 Å². The summed E-state index contributed by atoms with van der Waals surface area (Å²) >= 11 is 2.88. The van der Waals surface area contributed by atoms with Crippen molar-refractivity contribution >= 4 is 46.0 Å². The van der Waals surface area contributed by atoms with E-state index >= 15 is 0 Å². The Morgan fingerprint density at radius 2 is 2.00 bits per heavy atom. The van der Waals surface area contributed by atoms with Gasteiger partial charge in [0.05, 0.1) is 35.8 Å². The Hall–Kier alpha value is -1.15. The Kier molecular flexibility index (Phi) is 7.41. The number of thioether (sulfide) groups is 1. The van der Waals surface area contributed by atoms with Crippen molar-refractivity contribution in [3.8, 4) is 0 Å². The summed E-state index contributed by atoms with van der Waals surface area (Å²) in [7, 11) is 1.63. The van der Waals surface area contributed by atoms with Gasteiger partial charge >= 0.3 is 29.6 Å². The number of ether oxygens (including phenoxy) is 1. The zero-order chi connectivity index (χ0) is 23.6. The van der Waals surface area contributed by atoms with Crippen LogP contribution in [0, 0.1) is 11.8 Å². The van der Waals surface area contributed by atoms with Gasteiger partial charge in [0.15, 0.2) is 5.13 Å². The van der Waals surface area contributed by atoms with E-state index < -0.39 is 18.0 Å². The number of aromatic nitrogens is 1. The Labute approximate surface area is 227 Å². The van der Waals surface area contributed by atoms with Gasteiger partial charge in [-0.25, -0.2) is 4.98 Å². The van der Waals surface area contributed by atoms with E-state index in [1.165, 1.54) is 28.0 Å². The van der Waals surface area contributed by atoms with E-state index in [2.05, 4.69) is 9.88 Å². The van der Waals surface area contributed by atoms with Crippen LogP contribution in [0.2, 0.25) is 0 Å². The number of amides is 2. The fourth-order valence-electron chi connectivity index (χ4n) is 4.94. The van der Waals surface area contributed by atoms with Crippen molar-refractivity contribution in [2.75, 3.05) is 38.2 Å². The smallest absolute Gasteiger partial charge is 0.543 e. The minimum Gasteiger partial charge on any atom is -0.543 e. The van der Waals surface area contributed by atoms with Crippen LogP contribution < -0.4 is 39.6 Å². The summed E-state index contributed by atoms with van der Waals surface area (Å²) in [4.78, 5) is 47.0. The van der Waals surface area contributed by atoms with Gasteiger partial charge in [-0.1, -0.05) is 6.92 Å². The number of carbonyl (C=O) groups excluding carboxylic acids is 3. The normalized spacial score (nSPS) is 27.6.